The van der Waals surface area contributed by atoms with E-state index in [4.69, 9.17) is 5.11 Å². The van der Waals surface area contributed by atoms with Crippen molar-refractivity contribution in [2.75, 3.05) is 27.2 Å². The molecule has 6 nitrogen and oxygen atoms in total. The quantitative estimate of drug-likeness (QED) is 0.756. The average Bonchev–Trinajstić information content (AvgIpc) is 2.36. The lowest BCUT2D eigenvalue weighted by atomic mass is 10.1. The van der Waals surface area contributed by atoms with E-state index in [1.807, 2.05) is 0 Å². The van der Waals surface area contributed by atoms with Crippen molar-refractivity contribution in [2.24, 2.45) is 0 Å². The highest BCUT2D eigenvalue weighted by Crippen LogP contribution is 2.11. The fourth-order valence-electron chi connectivity index (χ4n) is 1.47. The summed E-state index contributed by atoms with van der Waals surface area (Å²) in [7, 11) is -0.0916. The highest BCUT2D eigenvalue weighted by atomic mass is 32.2. The zero-order chi connectivity index (χ0) is 14.5. The smallest absolute Gasteiger partial charge is 0.335 e. The maximum atomic E-state index is 12.0. The summed E-state index contributed by atoms with van der Waals surface area (Å²) in [5, 5.41) is 11.6. The van der Waals surface area contributed by atoms with Gasteiger partial charge in [0.2, 0.25) is 10.0 Å². The van der Waals surface area contributed by atoms with Crippen LogP contribution in [0.4, 0.5) is 0 Å². The molecule has 0 heterocycles. The number of sulfonamides is 1. The van der Waals surface area contributed by atoms with E-state index in [1.165, 1.54) is 35.6 Å². The van der Waals surface area contributed by atoms with Gasteiger partial charge in [0.15, 0.2) is 0 Å². The number of benzene rings is 1. The molecule has 106 valence electrons. The van der Waals surface area contributed by atoms with Crippen LogP contribution in [0.5, 0.6) is 0 Å². The molecule has 1 rings (SSSR count). The number of carboxylic acids is 1. The van der Waals surface area contributed by atoms with Gasteiger partial charge >= 0.3 is 5.97 Å². The van der Waals surface area contributed by atoms with Gasteiger partial charge < -0.3 is 10.4 Å². The Balaban J connectivity index is 2.75. The third-order valence-corrected chi connectivity index (χ3v) is 4.53. The van der Waals surface area contributed by atoms with Gasteiger partial charge in [-0.15, -0.1) is 0 Å². The molecule has 0 aliphatic rings. The van der Waals surface area contributed by atoms with E-state index >= 15 is 0 Å². The molecule has 0 fully saturated rings. The van der Waals surface area contributed by atoms with Crippen molar-refractivity contribution in [2.45, 2.75) is 5.75 Å². The zero-order valence-electron chi connectivity index (χ0n) is 11.0. The summed E-state index contributed by atoms with van der Waals surface area (Å²) in [5.41, 5.74) is 0.714. The molecule has 0 radical (unpaired) electrons. The van der Waals surface area contributed by atoms with Gasteiger partial charge in [0.05, 0.1) is 11.3 Å². The fourth-order valence-corrected chi connectivity index (χ4v) is 2.68. The maximum Gasteiger partial charge on any atom is 0.335 e. The van der Waals surface area contributed by atoms with Gasteiger partial charge in [0.1, 0.15) is 0 Å². The molecule has 7 heteroatoms. The monoisotopic (exact) mass is 286 g/mol. The van der Waals surface area contributed by atoms with Crippen molar-refractivity contribution in [3.05, 3.63) is 35.4 Å². The molecule has 0 aromatic heterocycles. The molecule has 1 aromatic carbocycles. The van der Waals surface area contributed by atoms with E-state index in [1.54, 1.807) is 7.05 Å². The van der Waals surface area contributed by atoms with Crippen LogP contribution >= 0.6 is 0 Å². The number of carboxylic acid groups (broad SMARTS) is 1. The molecule has 2 N–H and O–H groups in total. The van der Waals surface area contributed by atoms with Crippen molar-refractivity contribution in [3.8, 4) is 0 Å². The van der Waals surface area contributed by atoms with Crippen molar-refractivity contribution in [1.82, 2.24) is 9.62 Å². The number of aromatic carboxylic acids is 1. The minimum Gasteiger partial charge on any atom is -0.478 e. The predicted octanol–water partition coefficient (Wildman–Crippen LogP) is 0.366. The van der Waals surface area contributed by atoms with E-state index in [9.17, 15) is 13.2 Å². The number of likely N-dealkylation sites (N-methyl/N-ethyl adjacent to an activating group) is 2. The summed E-state index contributed by atoms with van der Waals surface area (Å²) < 4.78 is 25.3. The summed E-state index contributed by atoms with van der Waals surface area (Å²) in [6.07, 6.45) is 0. The largest absolute Gasteiger partial charge is 0.478 e. The topological polar surface area (TPSA) is 86.7 Å². The lowest BCUT2D eigenvalue weighted by Crippen LogP contribution is -2.33. The second-order valence-electron chi connectivity index (χ2n) is 4.18. The normalized spacial score (nSPS) is 11.7. The fraction of sp³-hybridized carbons (Fsp3) is 0.417. The van der Waals surface area contributed by atoms with Crippen LogP contribution in [0.15, 0.2) is 24.3 Å². The zero-order valence-corrected chi connectivity index (χ0v) is 11.8. The third-order valence-electron chi connectivity index (χ3n) is 2.70. The maximum absolute atomic E-state index is 12.0. The van der Waals surface area contributed by atoms with Crippen LogP contribution in [0.2, 0.25) is 0 Å². The van der Waals surface area contributed by atoms with Crippen molar-refractivity contribution < 1.29 is 18.3 Å². The number of rotatable bonds is 7. The molecule has 0 unspecified atom stereocenters. The molecule has 0 saturated heterocycles. The third kappa shape index (κ3) is 4.62. The molecular weight excluding hydrogens is 268 g/mol. The van der Waals surface area contributed by atoms with E-state index in [-0.39, 0.29) is 11.3 Å². The van der Waals surface area contributed by atoms with Crippen LogP contribution < -0.4 is 5.32 Å². The van der Waals surface area contributed by atoms with Crippen LogP contribution in [-0.2, 0) is 15.8 Å². The van der Waals surface area contributed by atoms with Gasteiger partial charge in [-0.2, -0.15) is 0 Å². The molecule has 0 amide bonds. The second-order valence-corrected chi connectivity index (χ2v) is 6.26. The molecule has 19 heavy (non-hydrogen) atoms. The molecule has 1 aromatic rings. The van der Waals surface area contributed by atoms with Gasteiger partial charge in [0, 0.05) is 20.1 Å². The van der Waals surface area contributed by atoms with Gasteiger partial charge in [-0.1, -0.05) is 12.1 Å². The summed E-state index contributed by atoms with van der Waals surface area (Å²) in [5.74, 6) is -1.16. The molecule has 0 atom stereocenters. The molecule has 0 aliphatic carbocycles. The van der Waals surface area contributed by atoms with E-state index in [0.29, 0.717) is 18.7 Å². The van der Waals surface area contributed by atoms with Gasteiger partial charge in [-0.3, -0.25) is 0 Å². The van der Waals surface area contributed by atoms with Crippen LogP contribution in [0, 0.1) is 0 Å². The highest BCUT2D eigenvalue weighted by molar-refractivity contribution is 7.88. The number of carbonyl (C=O) groups is 1. The summed E-state index contributed by atoms with van der Waals surface area (Å²) in [4.78, 5) is 10.7. The van der Waals surface area contributed by atoms with Crippen molar-refractivity contribution in [1.29, 1.82) is 0 Å². The lowest BCUT2D eigenvalue weighted by molar-refractivity contribution is 0.0697. The van der Waals surface area contributed by atoms with Gasteiger partial charge in [-0.25, -0.2) is 17.5 Å². The average molecular weight is 286 g/mol. The Morgan fingerprint density at radius 2 is 1.89 bits per heavy atom. The van der Waals surface area contributed by atoms with Crippen LogP contribution in [0.1, 0.15) is 15.9 Å². The van der Waals surface area contributed by atoms with E-state index in [2.05, 4.69) is 5.32 Å². The van der Waals surface area contributed by atoms with E-state index < -0.39 is 16.0 Å². The van der Waals surface area contributed by atoms with Crippen molar-refractivity contribution in [3.63, 3.8) is 0 Å². The highest BCUT2D eigenvalue weighted by Gasteiger charge is 2.18. The van der Waals surface area contributed by atoms with Crippen molar-refractivity contribution >= 4 is 16.0 Å². The summed E-state index contributed by atoms with van der Waals surface area (Å²) >= 11 is 0. The summed E-state index contributed by atoms with van der Waals surface area (Å²) in [6, 6.07) is 5.85. The van der Waals surface area contributed by atoms with Gasteiger partial charge in [-0.05, 0) is 24.7 Å². The Morgan fingerprint density at radius 1 is 1.32 bits per heavy atom. The number of nitrogens with one attached hydrogen (secondary N) is 1. The first-order chi connectivity index (χ1) is 8.86. The number of hydrogen-bond acceptors (Lipinski definition) is 4. The molecule has 0 saturated carbocycles. The molecule has 0 bridgehead atoms. The first kappa shape index (κ1) is 15.6. The second kappa shape index (κ2) is 6.65. The number of nitrogens with zero attached hydrogens (tertiary/aromatic N) is 1. The number of hydrogen-bond donors (Lipinski definition) is 2. The minimum atomic E-state index is -3.37. The van der Waals surface area contributed by atoms with E-state index in [0.717, 1.165) is 0 Å². The minimum absolute atomic E-state index is 0.132. The Kier molecular flexibility index (Phi) is 5.46. The Bertz CT molecular complexity index is 525. The summed E-state index contributed by atoms with van der Waals surface area (Å²) in [6.45, 7) is 0.972. The Morgan fingerprint density at radius 3 is 2.37 bits per heavy atom. The molecular formula is C12H18N2O4S. The molecule has 0 spiro atoms. The Hall–Kier alpha value is -1.44. The standard InChI is InChI=1S/C12H18N2O4S/c1-13-7-8-14(2)19(17,18)9-10-3-5-11(6-4-10)12(15)16/h3-6,13H,7-9H2,1-2H3,(H,15,16). The Labute approximate surface area is 113 Å². The molecule has 0 aliphatic heterocycles. The first-order valence-corrected chi connectivity index (χ1v) is 7.38. The first-order valence-electron chi connectivity index (χ1n) is 5.77. The predicted molar refractivity (Wildman–Crippen MR) is 72.6 cm³/mol. The van der Waals surface area contributed by atoms with Gasteiger partial charge in [0.25, 0.3) is 0 Å². The van der Waals surface area contributed by atoms with Crippen LogP contribution in [0.3, 0.4) is 0 Å². The van der Waals surface area contributed by atoms with Crippen LogP contribution in [-0.4, -0.2) is 51.0 Å². The SMILES string of the molecule is CNCCN(C)S(=O)(=O)Cc1ccc(C(=O)O)cc1. The lowest BCUT2D eigenvalue weighted by Gasteiger charge is -2.16. The van der Waals surface area contributed by atoms with Crippen LogP contribution in [0.25, 0.3) is 0 Å².